The second-order valence-electron chi connectivity index (χ2n) is 7.85. The minimum absolute atomic E-state index is 0.0455. The van der Waals surface area contributed by atoms with Gasteiger partial charge in [0, 0.05) is 45.0 Å². The number of nitrogens with zero attached hydrogens (tertiary/aromatic N) is 3. The molecule has 1 aromatic carbocycles. The lowest BCUT2D eigenvalue weighted by atomic mass is 10.0. The van der Waals surface area contributed by atoms with Crippen LogP contribution < -0.4 is 9.64 Å². The van der Waals surface area contributed by atoms with Crippen molar-refractivity contribution >= 4 is 17.5 Å². The highest BCUT2D eigenvalue weighted by molar-refractivity contribution is 6.07. The molecule has 0 radical (unpaired) electrons. The molecule has 1 saturated heterocycles. The first-order valence-corrected chi connectivity index (χ1v) is 10.5. The van der Waals surface area contributed by atoms with E-state index >= 15 is 0 Å². The molecule has 6 nitrogen and oxygen atoms in total. The van der Waals surface area contributed by atoms with Crippen LogP contribution in [0.15, 0.2) is 24.3 Å². The fourth-order valence-corrected chi connectivity index (χ4v) is 4.07. The highest BCUT2D eigenvalue weighted by Crippen LogP contribution is 2.49. The lowest BCUT2D eigenvalue weighted by molar-refractivity contribution is -0.149. The number of anilines is 1. The van der Waals surface area contributed by atoms with Gasteiger partial charge in [0.1, 0.15) is 11.2 Å². The van der Waals surface area contributed by atoms with E-state index in [-0.39, 0.29) is 11.8 Å². The molecule has 0 atom stereocenters. The zero-order chi connectivity index (χ0) is 20.1. The van der Waals surface area contributed by atoms with Crippen LogP contribution in [0.2, 0.25) is 0 Å². The van der Waals surface area contributed by atoms with E-state index in [9.17, 15) is 9.59 Å². The van der Waals surface area contributed by atoms with E-state index in [0.29, 0.717) is 25.9 Å². The lowest BCUT2D eigenvalue weighted by Crippen LogP contribution is -2.54. The predicted molar refractivity (Wildman–Crippen MR) is 111 cm³/mol. The number of piperazine rings is 1. The first-order chi connectivity index (χ1) is 13.6. The van der Waals surface area contributed by atoms with Crippen molar-refractivity contribution < 1.29 is 14.3 Å². The maximum absolute atomic E-state index is 13.2. The summed E-state index contributed by atoms with van der Waals surface area (Å²) in [5.74, 6) is 0.943. The van der Waals surface area contributed by atoms with Crippen molar-refractivity contribution in [2.24, 2.45) is 5.41 Å². The van der Waals surface area contributed by atoms with Crippen molar-refractivity contribution in [2.45, 2.75) is 39.5 Å². The molecule has 1 aromatic rings. The Bertz CT molecular complexity index is 671. The minimum Gasteiger partial charge on any atom is -0.497 e. The summed E-state index contributed by atoms with van der Waals surface area (Å²) < 4.78 is 5.22. The number of carbonyl (C=O) groups is 2. The molecule has 6 heteroatoms. The van der Waals surface area contributed by atoms with Crippen LogP contribution in [-0.4, -0.2) is 68.0 Å². The third-order valence-corrected chi connectivity index (χ3v) is 5.85. The fourth-order valence-electron chi connectivity index (χ4n) is 4.07. The minimum atomic E-state index is -0.771. The maximum atomic E-state index is 13.2. The molecular formula is C22H33N3O3. The summed E-state index contributed by atoms with van der Waals surface area (Å²) in [6.07, 6.45) is 3.26. The molecule has 2 fully saturated rings. The highest BCUT2D eigenvalue weighted by atomic mass is 16.5. The zero-order valence-electron chi connectivity index (χ0n) is 17.4. The van der Waals surface area contributed by atoms with Crippen molar-refractivity contribution in [3.8, 4) is 5.75 Å². The lowest BCUT2D eigenvalue weighted by Gasteiger charge is -2.38. The van der Waals surface area contributed by atoms with Gasteiger partial charge in [-0.15, -0.1) is 0 Å². The van der Waals surface area contributed by atoms with E-state index in [4.69, 9.17) is 4.74 Å². The van der Waals surface area contributed by atoms with Gasteiger partial charge in [-0.2, -0.15) is 0 Å². The largest absolute Gasteiger partial charge is 0.497 e. The Kier molecular flexibility index (Phi) is 6.47. The van der Waals surface area contributed by atoms with Gasteiger partial charge in [0.2, 0.25) is 11.8 Å². The van der Waals surface area contributed by atoms with Crippen molar-refractivity contribution in [2.75, 3.05) is 51.3 Å². The smallest absolute Gasteiger partial charge is 0.238 e. The van der Waals surface area contributed by atoms with Gasteiger partial charge in [0.05, 0.1) is 7.11 Å². The van der Waals surface area contributed by atoms with Crippen molar-refractivity contribution in [3.63, 3.8) is 0 Å². The summed E-state index contributed by atoms with van der Waals surface area (Å²) in [5.41, 5.74) is 0.370. The van der Waals surface area contributed by atoms with Crippen LogP contribution in [0, 0.1) is 5.41 Å². The molecule has 2 aliphatic rings. The number of rotatable bonds is 8. The van der Waals surface area contributed by atoms with E-state index in [0.717, 1.165) is 50.5 Å². The Labute approximate surface area is 168 Å². The van der Waals surface area contributed by atoms with Crippen molar-refractivity contribution in [3.05, 3.63) is 24.3 Å². The summed E-state index contributed by atoms with van der Waals surface area (Å²) in [7, 11) is 1.66. The first kappa shape index (κ1) is 20.5. The van der Waals surface area contributed by atoms with Gasteiger partial charge in [-0.05, 0) is 49.9 Å². The third kappa shape index (κ3) is 4.10. The van der Waals surface area contributed by atoms with Crippen LogP contribution in [0.3, 0.4) is 0 Å². The Morgan fingerprint density at radius 2 is 1.57 bits per heavy atom. The van der Waals surface area contributed by atoms with E-state index in [2.05, 4.69) is 30.9 Å². The summed E-state index contributed by atoms with van der Waals surface area (Å²) >= 11 is 0. The van der Waals surface area contributed by atoms with Crippen molar-refractivity contribution in [1.82, 2.24) is 9.80 Å². The Morgan fingerprint density at radius 3 is 2.04 bits per heavy atom. The van der Waals surface area contributed by atoms with Gasteiger partial charge in [-0.3, -0.25) is 9.59 Å². The fraction of sp³-hybridized carbons (Fsp3) is 0.636. The first-order valence-electron chi connectivity index (χ1n) is 10.5. The van der Waals surface area contributed by atoms with Crippen LogP contribution >= 0.6 is 0 Å². The summed E-state index contributed by atoms with van der Waals surface area (Å²) in [4.78, 5) is 32.4. The van der Waals surface area contributed by atoms with Gasteiger partial charge in [-0.25, -0.2) is 0 Å². The Hall–Kier alpha value is -2.24. The van der Waals surface area contributed by atoms with Gasteiger partial charge in [0.25, 0.3) is 0 Å². The van der Waals surface area contributed by atoms with Gasteiger partial charge >= 0.3 is 0 Å². The van der Waals surface area contributed by atoms with E-state index in [1.54, 1.807) is 7.11 Å². The molecular weight excluding hydrogens is 354 g/mol. The third-order valence-electron chi connectivity index (χ3n) is 5.85. The van der Waals surface area contributed by atoms with Crippen LogP contribution in [0.5, 0.6) is 5.75 Å². The van der Waals surface area contributed by atoms with E-state index in [1.165, 1.54) is 0 Å². The SMILES string of the molecule is CCCN(CCC)C(=O)C1(C(=O)N2CCN(c3ccc(OC)cc3)CC2)CC1. The molecule has 2 amide bonds. The molecule has 0 bridgehead atoms. The Balaban J connectivity index is 1.60. The van der Waals surface area contributed by atoms with Crippen LogP contribution in [0.4, 0.5) is 5.69 Å². The number of carbonyl (C=O) groups excluding carboxylic acids is 2. The molecule has 1 saturated carbocycles. The topological polar surface area (TPSA) is 53.1 Å². The monoisotopic (exact) mass is 387 g/mol. The molecule has 0 spiro atoms. The molecule has 28 heavy (non-hydrogen) atoms. The number of methoxy groups -OCH3 is 1. The molecule has 0 N–H and O–H groups in total. The van der Waals surface area contributed by atoms with Crippen LogP contribution in [0.1, 0.15) is 39.5 Å². The van der Waals surface area contributed by atoms with Gasteiger partial charge < -0.3 is 19.4 Å². The molecule has 1 aliphatic carbocycles. The number of amides is 2. The zero-order valence-corrected chi connectivity index (χ0v) is 17.4. The molecule has 154 valence electrons. The van der Waals surface area contributed by atoms with Crippen LogP contribution in [-0.2, 0) is 9.59 Å². The highest BCUT2D eigenvalue weighted by Gasteiger charge is 2.59. The second-order valence-corrected chi connectivity index (χ2v) is 7.85. The Morgan fingerprint density at radius 1 is 1.00 bits per heavy atom. The van der Waals surface area contributed by atoms with Crippen LogP contribution in [0.25, 0.3) is 0 Å². The van der Waals surface area contributed by atoms with Crippen molar-refractivity contribution in [1.29, 1.82) is 0 Å². The summed E-state index contributed by atoms with van der Waals surface area (Å²) in [5, 5.41) is 0. The van der Waals surface area contributed by atoms with Gasteiger partial charge in [0.15, 0.2) is 0 Å². The quantitative estimate of drug-likeness (QED) is 0.644. The number of hydrogen-bond acceptors (Lipinski definition) is 4. The second kappa shape index (κ2) is 8.84. The summed E-state index contributed by atoms with van der Waals surface area (Å²) in [6, 6.07) is 8.02. The molecule has 0 aromatic heterocycles. The normalized spacial score (nSPS) is 18.0. The predicted octanol–water partition coefficient (Wildman–Crippen LogP) is 2.77. The number of hydrogen-bond donors (Lipinski definition) is 0. The standard InChI is InChI=1S/C22H33N3O3/c1-4-12-24(13-5-2)20(26)22(10-11-22)21(27)25-16-14-23(15-17-25)18-6-8-19(28-3)9-7-18/h6-9H,4-5,10-17H2,1-3H3. The van der Waals surface area contributed by atoms with E-state index < -0.39 is 5.41 Å². The van der Waals surface area contributed by atoms with E-state index in [1.807, 2.05) is 21.9 Å². The molecule has 0 unspecified atom stereocenters. The average Bonchev–Trinajstić information content (AvgIpc) is 3.55. The molecule has 1 aliphatic heterocycles. The maximum Gasteiger partial charge on any atom is 0.238 e. The number of ether oxygens (including phenoxy) is 1. The average molecular weight is 388 g/mol. The molecule has 3 rings (SSSR count). The molecule has 1 heterocycles. The number of benzene rings is 1. The summed E-state index contributed by atoms with van der Waals surface area (Å²) in [6.45, 7) is 8.56. The van der Waals surface area contributed by atoms with Gasteiger partial charge in [-0.1, -0.05) is 13.8 Å².